The number of hydrogen-bond acceptors (Lipinski definition) is 5. The quantitative estimate of drug-likeness (QED) is 0.811. The van der Waals surface area contributed by atoms with Gasteiger partial charge in [-0.05, 0) is 51.3 Å². The fraction of sp³-hybridized carbons (Fsp3) is 0.471. The smallest absolute Gasteiger partial charge is 0.340 e. The van der Waals surface area contributed by atoms with E-state index in [4.69, 9.17) is 9.47 Å². The van der Waals surface area contributed by atoms with E-state index in [9.17, 15) is 4.79 Å². The molecule has 0 aliphatic heterocycles. The highest BCUT2D eigenvalue weighted by atomic mass is 16.6. The number of ether oxygens (including phenoxy) is 2. The van der Waals surface area contributed by atoms with Gasteiger partial charge in [0.2, 0.25) is 0 Å². The predicted octanol–water partition coefficient (Wildman–Crippen LogP) is 2.61. The molecule has 1 aliphatic rings. The van der Waals surface area contributed by atoms with Crippen molar-refractivity contribution in [1.82, 2.24) is 14.8 Å². The molecular formula is C17H21N3O3. The molecule has 0 bridgehead atoms. The number of carbonyl (C=O) groups is 1. The molecule has 0 unspecified atom stereocenters. The number of hydrogen-bond donors (Lipinski definition) is 0. The van der Waals surface area contributed by atoms with Crippen LogP contribution in [-0.4, -0.2) is 40.1 Å². The summed E-state index contributed by atoms with van der Waals surface area (Å²) in [6.45, 7) is 3.90. The molecule has 3 rings (SSSR count). The lowest BCUT2D eigenvalue weighted by Crippen LogP contribution is -2.27. The van der Waals surface area contributed by atoms with Crippen LogP contribution in [0.5, 0.6) is 0 Å². The molecule has 1 fully saturated rings. The maximum Gasteiger partial charge on any atom is 0.340 e. The van der Waals surface area contributed by atoms with Gasteiger partial charge in [-0.1, -0.05) is 0 Å². The normalized spacial score (nSPS) is 20.7. The largest absolute Gasteiger partial charge is 0.456 e. The molecule has 23 heavy (non-hydrogen) atoms. The van der Waals surface area contributed by atoms with Gasteiger partial charge in [0.25, 0.3) is 0 Å². The molecule has 0 spiro atoms. The third-order valence-electron chi connectivity index (χ3n) is 4.16. The number of rotatable bonds is 4. The van der Waals surface area contributed by atoms with E-state index in [1.807, 2.05) is 19.9 Å². The van der Waals surface area contributed by atoms with Gasteiger partial charge in [0.05, 0.1) is 17.4 Å². The van der Waals surface area contributed by atoms with Gasteiger partial charge < -0.3 is 9.47 Å². The first kappa shape index (κ1) is 15.7. The topological polar surface area (TPSA) is 66.2 Å². The third kappa shape index (κ3) is 3.27. The van der Waals surface area contributed by atoms with Crippen LogP contribution in [0.15, 0.2) is 24.4 Å². The molecule has 0 saturated heterocycles. The summed E-state index contributed by atoms with van der Waals surface area (Å²) in [5, 5.41) is 4.38. The number of methoxy groups -OCH3 is 1. The Morgan fingerprint density at radius 1 is 1.26 bits per heavy atom. The molecule has 2 heterocycles. The molecule has 0 amide bonds. The Hall–Kier alpha value is -2.21. The first-order valence-corrected chi connectivity index (χ1v) is 7.82. The van der Waals surface area contributed by atoms with Gasteiger partial charge in [-0.25, -0.2) is 14.5 Å². The predicted molar refractivity (Wildman–Crippen MR) is 84.7 cm³/mol. The van der Waals surface area contributed by atoms with Crippen LogP contribution >= 0.6 is 0 Å². The number of aromatic nitrogens is 3. The molecule has 2 aromatic heterocycles. The summed E-state index contributed by atoms with van der Waals surface area (Å²) in [6, 6.07) is 5.48. The van der Waals surface area contributed by atoms with Gasteiger partial charge in [0.15, 0.2) is 5.82 Å². The second kappa shape index (κ2) is 6.50. The van der Waals surface area contributed by atoms with Crippen LogP contribution in [-0.2, 0) is 9.47 Å². The van der Waals surface area contributed by atoms with Crippen molar-refractivity contribution < 1.29 is 14.3 Å². The maximum absolute atomic E-state index is 12.2. The van der Waals surface area contributed by atoms with Gasteiger partial charge in [0, 0.05) is 19.0 Å². The Kier molecular flexibility index (Phi) is 4.43. The minimum absolute atomic E-state index is 0.000816. The van der Waals surface area contributed by atoms with E-state index in [2.05, 4.69) is 10.1 Å². The van der Waals surface area contributed by atoms with Crippen LogP contribution < -0.4 is 0 Å². The Labute approximate surface area is 135 Å². The summed E-state index contributed by atoms with van der Waals surface area (Å²) in [5.74, 6) is 0.328. The van der Waals surface area contributed by atoms with Crippen LogP contribution in [0.1, 0.15) is 41.0 Å². The van der Waals surface area contributed by atoms with Crippen molar-refractivity contribution in [2.75, 3.05) is 7.11 Å². The minimum atomic E-state index is -0.355. The lowest BCUT2D eigenvalue weighted by Gasteiger charge is -2.18. The van der Waals surface area contributed by atoms with Gasteiger partial charge in [-0.2, -0.15) is 5.10 Å². The lowest BCUT2D eigenvalue weighted by molar-refractivity contribution is -0.0207. The third-order valence-corrected chi connectivity index (χ3v) is 4.16. The van der Waals surface area contributed by atoms with Crippen molar-refractivity contribution >= 4 is 5.97 Å². The summed E-state index contributed by atoms with van der Waals surface area (Å²) in [7, 11) is 1.65. The molecule has 6 nitrogen and oxygen atoms in total. The second-order valence-electron chi connectivity index (χ2n) is 5.89. The zero-order valence-corrected chi connectivity index (χ0v) is 13.7. The second-order valence-corrected chi connectivity index (χ2v) is 5.89. The summed E-state index contributed by atoms with van der Waals surface area (Å²) in [6.07, 6.45) is 4.17. The molecule has 1 aliphatic carbocycles. The number of esters is 1. The Balaban J connectivity index is 1.72. The van der Waals surface area contributed by atoms with Gasteiger partial charge in [-0.15, -0.1) is 0 Å². The van der Waals surface area contributed by atoms with Gasteiger partial charge in [0.1, 0.15) is 6.10 Å². The first-order valence-electron chi connectivity index (χ1n) is 7.82. The van der Waals surface area contributed by atoms with E-state index in [-0.39, 0.29) is 18.2 Å². The van der Waals surface area contributed by atoms with Crippen molar-refractivity contribution in [3.63, 3.8) is 0 Å². The first-order chi connectivity index (χ1) is 11.1. The molecule has 0 aromatic carbocycles. The molecular weight excluding hydrogens is 294 g/mol. The summed E-state index contributed by atoms with van der Waals surface area (Å²) < 4.78 is 12.6. The van der Waals surface area contributed by atoms with Crippen LogP contribution in [0.25, 0.3) is 5.82 Å². The summed E-state index contributed by atoms with van der Waals surface area (Å²) in [5.41, 5.74) is 2.37. The van der Waals surface area contributed by atoms with Crippen LogP contribution in [0.4, 0.5) is 0 Å². The standard InChI is InChI=1S/C17H21N3O3/c1-11-9-12(2)20(19-11)16-8-7-13(10-18-16)17(21)23-15-6-4-5-14(15)22-3/h7-10,14-15H,4-6H2,1-3H3/t14-,15+/m0/s1. The van der Waals surface area contributed by atoms with Gasteiger partial charge in [-0.3, -0.25) is 0 Å². The van der Waals surface area contributed by atoms with E-state index in [0.717, 1.165) is 30.7 Å². The van der Waals surface area contributed by atoms with Gasteiger partial charge >= 0.3 is 5.97 Å². The van der Waals surface area contributed by atoms with Crippen LogP contribution in [0, 0.1) is 13.8 Å². The molecule has 6 heteroatoms. The van der Waals surface area contributed by atoms with E-state index in [1.54, 1.807) is 23.9 Å². The molecule has 122 valence electrons. The summed E-state index contributed by atoms with van der Waals surface area (Å²) in [4.78, 5) is 16.6. The number of carbonyl (C=O) groups excluding carboxylic acids is 1. The number of nitrogens with zero attached hydrogens (tertiary/aromatic N) is 3. The number of pyridine rings is 1. The zero-order chi connectivity index (χ0) is 16.4. The molecule has 2 aromatic rings. The Morgan fingerprint density at radius 3 is 2.65 bits per heavy atom. The van der Waals surface area contributed by atoms with Crippen molar-refractivity contribution in [2.24, 2.45) is 0 Å². The SMILES string of the molecule is CO[C@H]1CCC[C@H]1OC(=O)c1ccc(-n2nc(C)cc2C)nc1. The maximum atomic E-state index is 12.2. The molecule has 1 saturated carbocycles. The lowest BCUT2D eigenvalue weighted by atomic mass is 10.2. The van der Waals surface area contributed by atoms with E-state index < -0.39 is 0 Å². The zero-order valence-electron chi connectivity index (χ0n) is 13.7. The van der Waals surface area contributed by atoms with Crippen molar-refractivity contribution in [2.45, 2.75) is 45.3 Å². The Morgan fingerprint density at radius 2 is 2.04 bits per heavy atom. The van der Waals surface area contributed by atoms with E-state index in [0.29, 0.717) is 11.4 Å². The fourth-order valence-corrected chi connectivity index (χ4v) is 2.99. The van der Waals surface area contributed by atoms with Crippen LogP contribution in [0.3, 0.4) is 0 Å². The van der Waals surface area contributed by atoms with Crippen molar-refractivity contribution in [3.05, 3.63) is 41.3 Å². The monoisotopic (exact) mass is 315 g/mol. The Bertz CT molecular complexity index is 694. The minimum Gasteiger partial charge on any atom is -0.456 e. The van der Waals surface area contributed by atoms with E-state index in [1.165, 1.54) is 6.20 Å². The van der Waals surface area contributed by atoms with Crippen LogP contribution in [0.2, 0.25) is 0 Å². The summed E-state index contributed by atoms with van der Waals surface area (Å²) >= 11 is 0. The molecule has 0 N–H and O–H groups in total. The fourth-order valence-electron chi connectivity index (χ4n) is 2.99. The highest BCUT2D eigenvalue weighted by Crippen LogP contribution is 2.25. The van der Waals surface area contributed by atoms with Crippen molar-refractivity contribution in [3.8, 4) is 5.82 Å². The number of aryl methyl sites for hydroxylation is 2. The highest BCUT2D eigenvalue weighted by molar-refractivity contribution is 5.89. The molecule has 2 atom stereocenters. The highest BCUT2D eigenvalue weighted by Gasteiger charge is 2.30. The molecule has 0 radical (unpaired) electrons. The average molecular weight is 315 g/mol. The van der Waals surface area contributed by atoms with Crippen molar-refractivity contribution in [1.29, 1.82) is 0 Å². The van der Waals surface area contributed by atoms with E-state index >= 15 is 0 Å². The average Bonchev–Trinajstić information content (AvgIpc) is 3.13.